The number of hydrogen-bond acceptors (Lipinski definition) is 5. The molecule has 232 valence electrons. The maximum absolute atomic E-state index is 15.5. The highest BCUT2D eigenvalue weighted by Crippen LogP contribution is 2.40. The Bertz CT molecular complexity index is 1470. The third-order valence-electron chi connectivity index (χ3n) is 8.52. The number of anilines is 2. The van der Waals surface area contributed by atoms with Crippen molar-refractivity contribution in [3.05, 3.63) is 64.7 Å². The van der Waals surface area contributed by atoms with Crippen LogP contribution in [-0.2, 0) is 6.18 Å². The van der Waals surface area contributed by atoms with Crippen molar-refractivity contribution in [2.24, 2.45) is 5.92 Å². The molecule has 0 bridgehead atoms. The molecule has 3 heterocycles. The predicted molar refractivity (Wildman–Crippen MR) is 160 cm³/mol. The van der Waals surface area contributed by atoms with Crippen LogP contribution in [0.1, 0.15) is 47.8 Å². The summed E-state index contributed by atoms with van der Waals surface area (Å²) in [6.45, 7) is 5.19. The molecule has 7 nitrogen and oxygen atoms in total. The number of piperidine rings is 1. The molecule has 2 aromatic carbocycles. The predicted octanol–water partition coefficient (Wildman–Crippen LogP) is 6.85. The van der Waals surface area contributed by atoms with Crippen LogP contribution in [0.25, 0.3) is 11.1 Å². The van der Waals surface area contributed by atoms with E-state index in [-0.39, 0.29) is 24.8 Å². The fourth-order valence-electron chi connectivity index (χ4n) is 6.23. The molecule has 1 saturated carbocycles. The highest BCUT2D eigenvalue weighted by Gasteiger charge is 2.42. The van der Waals surface area contributed by atoms with Gasteiger partial charge in [-0.05, 0) is 61.4 Å². The summed E-state index contributed by atoms with van der Waals surface area (Å²) in [4.78, 5) is 17.9. The number of rotatable bonds is 7. The molecule has 2 saturated heterocycles. The fourth-order valence-corrected chi connectivity index (χ4v) is 6.40. The van der Waals surface area contributed by atoms with Crippen LogP contribution in [0.3, 0.4) is 0 Å². The zero-order valence-electron chi connectivity index (χ0n) is 23.4. The second-order valence-corrected chi connectivity index (χ2v) is 11.9. The number of hydrogen-bond donors (Lipinski definition) is 1. The van der Waals surface area contributed by atoms with Crippen LogP contribution in [-0.4, -0.2) is 71.6 Å². The summed E-state index contributed by atoms with van der Waals surface area (Å²) in [6, 6.07) is 9.70. The van der Waals surface area contributed by atoms with E-state index in [9.17, 15) is 23.1 Å². The molecule has 2 aliphatic heterocycles. The van der Waals surface area contributed by atoms with Crippen LogP contribution >= 0.6 is 24.0 Å². The fraction of sp³-hybridized carbons (Fsp3) is 0.467. The number of carboxylic acid groups (broad SMARTS) is 1. The maximum atomic E-state index is 15.5. The van der Waals surface area contributed by atoms with Crippen molar-refractivity contribution in [2.75, 3.05) is 55.6 Å². The molecule has 1 N–H and O–H groups in total. The Morgan fingerprint density at radius 3 is 2.37 bits per heavy atom. The lowest BCUT2D eigenvalue weighted by Gasteiger charge is -2.37. The van der Waals surface area contributed by atoms with Gasteiger partial charge in [0.2, 0.25) is 0 Å². The van der Waals surface area contributed by atoms with Gasteiger partial charge >= 0.3 is 12.1 Å². The highest BCUT2D eigenvalue weighted by atomic mass is 35.5. The molecule has 13 heteroatoms. The number of halogens is 6. The van der Waals surface area contributed by atoms with Gasteiger partial charge in [0.15, 0.2) is 5.69 Å². The number of carbonyl (C=O) groups is 1. The number of aromatic carboxylic acids is 1. The van der Waals surface area contributed by atoms with Crippen LogP contribution in [0.4, 0.5) is 28.9 Å². The van der Waals surface area contributed by atoms with Crippen LogP contribution in [0.15, 0.2) is 42.6 Å². The Hall–Kier alpha value is -3.02. The minimum atomic E-state index is -4.88. The van der Waals surface area contributed by atoms with Crippen LogP contribution in [0, 0.1) is 11.7 Å². The molecule has 3 aliphatic rings. The second kappa shape index (κ2) is 12.5. The molecule has 3 fully saturated rings. The molecule has 0 amide bonds. The van der Waals surface area contributed by atoms with E-state index in [4.69, 9.17) is 11.6 Å². The van der Waals surface area contributed by atoms with Crippen molar-refractivity contribution in [1.29, 1.82) is 0 Å². The van der Waals surface area contributed by atoms with Crippen LogP contribution < -0.4 is 9.80 Å². The molecular weight excluding hydrogens is 609 g/mol. The Balaban J connectivity index is 0.00000368. The van der Waals surface area contributed by atoms with E-state index >= 15 is 4.39 Å². The molecule has 0 radical (unpaired) electrons. The molecule has 1 atom stereocenters. The first kappa shape index (κ1) is 31.4. The van der Waals surface area contributed by atoms with E-state index in [1.165, 1.54) is 18.9 Å². The van der Waals surface area contributed by atoms with Gasteiger partial charge in [-0.25, -0.2) is 9.18 Å². The third kappa shape index (κ3) is 6.73. The molecule has 6 rings (SSSR count). The number of alkyl halides is 3. The summed E-state index contributed by atoms with van der Waals surface area (Å²) in [5, 5.41) is 13.6. The second-order valence-electron chi connectivity index (χ2n) is 11.5. The van der Waals surface area contributed by atoms with Gasteiger partial charge in [-0.2, -0.15) is 18.3 Å². The van der Waals surface area contributed by atoms with E-state index in [1.807, 2.05) is 11.0 Å². The first-order valence-corrected chi connectivity index (χ1v) is 14.7. The Labute approximate surface area is 258 Å². The first-order valence-electron chi connectivity index (χ1n) is 14.3. The normalized spacial score (nSPS) is 19.8. The molecule has 1 aromatic heterocycles. The van der Waals surface area contributed by atoms with Gasteiger partial charge in [-0.15, -0.1) is 12.4 Å². The van der Waals surface area contributed by atoms with E-state index in [0.29, 0.717) is 46.9 Å². The topological polar surface area (TPSA) is 64.8 Å². The van der Waals surface area contributed by atoms with Crippen molar-refractivity contribution in [1.82, 2.24) is 14.7 Å². The Kier molecular flexibility index (Phi) is 9.15. The quantitative estimate of drug-likeness (QED) is 0.285. The summed E-state index contributed by atoms with van der Waals surface area (Å²) in [5.41, 5.74) is 0.448. The van der Waals surface area contributed by atoms with E-state index < -0.39 is 29.4 Å². The van der Waals surface area contributed by atoms with Crippen molar-refractivity contribution < 1.29 is 27.5 Å². The summed E-state index contributed by atoms with van der Waals surface area (Å²) < 4.78 is 58.0. The smallest absolute Gasteiger partial charge is 0.433 e. The number of benzene rings is 2. The average Bonchev–Trinajstić information content (AvgIpc) is 3.65. The number of aromatic nitrogens is 2. The molecule has 0 spiro atoms. The number of piperazine rings is 1. The van der Waals surface area contributed by atoms with Gasteiger partial charge in [0.25, 0.3) is 0 Å². The monoisotopic (exact) mass is 641 g/mol. The van der Waals surface area contributed by atoms with E-state index in [1.54, 1.807) is 24.3 Å². The lowest BCUT2D eigenvalue weighted by molar-refractivity contribution is -0.145. The standard InChI is InChI=1S/C30H32ClF4N5O2.ClH/c31-21-6-7-23(20-5-8-26(25(32)14-20)38-12-10-37(11-13-38)17-19-3-4-19)27(15-21)39-9-1-2-22(18-39)40-28(30(33,34)35)24(16-36-40)29(41)42;/h5-8,14-16,19,22H,1-4,9-13,17-18H2,(H,41,42);1H. The van der Waals surface area contributed by atoms with Gasteiger partial charge in [-0.3, -0.25) is 9.58 Å². The average molecular weight is 643 g/mol. The molecule has 43 heavy (non-hydrogen) atoms. The summed E-state index contributed by atoms with van der Waals surface area (Å²) >= 11 is 6.36. The Morgan fingerprint density at radius 2 is 1.72 bits per heavy atom. The van der Waals surface area contributed by atoms with Gasteiger partial charge < -0.3 is 14.9 Å². The largest absolute Gasteiger partial charge is 0.478 e. The number of nitrogens with zero attached hydrogens (tertiary/aromatic N) is 5. The minimum absolute atomic E-state index is 0. The van der Waals surface area contributed by atoms with Crippen molar-refractivity contribution in [3.8, 4) is 11.1 Å². The zero-order valence-corrected chi connectivity index (χ0v) is 24.9. The summed E-state index contributed by atoms with van der Waals surface area (Å²) in [5.74, 6) is -1.18. The molecule has 3 aromatic rings. The minimum Gasteiger partial charge on any atom is -0.478 e. The number of carboxylic acids is 1. The zero-order chi connectivity index (χ0) is 29.6. The summed E-state index contributed by atoms with van der Waals surface area (Å²) in [6.07, 6.45) is -0.554. The lowest BCUT2D eigenvalue weighted by atomic mass is 9.98. The molecular formula is C30H33Cl2F4N5O2. The maximum Gasteiger partial charge on any atom is 0.433 e. The third-order valence-corrected chi connectivity index (χ3v) is 8.76. The first-order chi connectivity index (χ1) is 20.1. The Morgan fingerprint density at radius 1 is 0.977 bits per heavy atom. The van der Waals surface area contributed by atoms with Gasteiger partial charge in [0.05, 0.1) is 17.9 Å². The van der Waals surface area contributed by atoms with E-state index in [0.717, 1.165) is 49.5 Å². The van der Waals surface area contributed by atoms with Gasteiger partial charge in [0.1, 0.15) is 11.4 Å². The van der Waals surface area contributed by atoms with Crippen molar-refractivity contribution in [3.63, 3.8) is 0 Å². The molecule has 1 aliphatic carbocycles. The van der Waals surface area contributed by atoms with Crippen LogP contribution in [0.2, 0.25) is 5.02 Å². The highest BCUT2D eigenvalue weighted by molar-refractivity contribution is 6.31. The molecule has 1 unspecified atom stereocenters. The van der Waals surface area contributed by atoms with Crippen LogP contribution in [0.5, 0.6) is 0 Å². The summed E-state index contributed by atoms with van der Waals surface area (Å²) in [7, 11) is 0. The van der Waals surface area contributed by atoms with Crippen molar-refractivity contribution in [2.45, 2.75) is 37.9 Å². The SMILES string of the molecule is Cl.O=C(O)c1cnn(C2CCCN(c3cc(Cl)ccc3-c3ccc(N4CCN(CC5CC5)CC4)c(F)c3)C2)c1C(F)(F)F. The van der Waals surface area contributed by atoms with Gasteiger partial charge in [-0.1, -0.05) is 23.7 Å². The van der Waals surface area contributed by atoms with Crippen molar-refractivity contribution >= 4 is 41.4 Å². The lowest BCUT2D eigenvalue weighted by Crippen LogP contribution is -2.47. The van der Waals surface area contributed by atoms with Gasteiger partial charge in [0, 0.05) is 62.1 Å². The van der Waals surface area contributed by atoms with E-state index in [2.05, 4.69) is 14.9 Å².